The van der Waals surface area contributed by atoms with Crippen LogP contribution < -0.4 is 10.6 Å². The second-order valence-corrected chi connectivity index (χ2v) is 4.77. The van der Waals surface area contributed by atoms with Gasteiger partial charge in [0.15, 0.2) is 0 Å². The minimum absolute atomic E-state index is 0. The third-order valence-electron chi connectivity index (χ3n) is 2.45. The van der Waals surface area contributed by atoms with E-state index in [0.29, 0.717) is 19.8 Å². The highest BCUT2D eigenvalue weighted by atomic mass is 79.9. The van der Waals surface area contributed by atoms with Crippen LogP contribution in [0.4, 0.5) is 5.69 Å². The lowest BCUT2D eigenvalue weighted by molar-refractivity contribution is -0.115. The second kappa shape index (κ2) is 11.0. The Kier molecular flexibility index (Phi) is 10.7. The fraction of sp³-hybridized carbons (Fsp3) is 0.462. The van der Waals surface area contributed by atoms with Gasteiger partial charge in [-0.2, -0.15) is 0 Å². The van der Waals surface area contributed by atoms with Crippen molar-refractivity contribution in [3.05, 3.63) is 28.2 Å². The fourth-order valence-electron chi connectivity index (χ4n) is 1.54. The van der Waals surface area contributed by atoms with E-state index in [1.807, 2.05) is 18.2 Å². The average Bonchev–Trinajstić information content (AvgIpc) is 2.39. The molecule has 114 valence electrons. The Hall–Kier alpha value is -0.660. The summed E-state index contributed by atoms with van der Waals surface area (Å²) in [7, 11) is 3.25. The number of ether oxygens (including phenoxy) is 2. The SMILES string of the molecule is COCCNCC(=O)Nc1cccc(Br)c1COC.Cl. The number of amides is 1. The monoisotopic (exact) mass is 366 g/mol. The highest BCUT2D eigenvalue weighted by Crippen LogP contribution is 2.25. The van der Waals surface area contributed by atoms with Crippen LogP contribution in [0.25, 0.3) is 0 Å². The van der Waals surface area contributed by atoms with Crippen LogP contribution in [0.5, 0.6) is 0 Å². The number of nitrogens with one attached hydrogen (secondary N) is 2. The molecule has 0 saturated heterocycles. The number of anilines is 1. The van der Waals surface area contributed by atoms with E-state index in [4.69, 9.17) is 9.47 Å². The summed E-state index contributed by atoms with van der Waals surface area (Å²) in [5, 5.41) is 5.85. The summed E-state index contributed by atoms with van der Waals surface area (Å²) >= 11 is 3.45. The van der Waals surface area contributed by atoms with E-state index in [1.54, 1.807) is 14.2 Å². The number of methoxy groups -OCH3 is 2. The highest BCUT2D eigenvalue weighted by molar-refractivity contribution is 9.10. The maximum absolute atomic E-state index is 11.8. The molecule has 0 aliphatic heterocycles. The van der Waals surface area contributed by atoms with Crippen LogP contribution in [0, 0.1) is 0 Å². The molecule has 0 fully saturated rings. The van der Waals surface area contributed by atoms with Gasteiger partial charge in [0, 0.05) is 36.5 Å². The zero-order chi connectivity index (χ0) is 14.1. The van der Waals surface area contributed by atoms with Gasteiger partial charge in [-0.05, 0) is 12.1 Å². The third kappa shape index (κ3) is 6.67. The van der Waals surface area contributed by atoms with Gasteiger partial charge >= 0.3 is 0 Å². The zero-order valence-electron chi connectivity index (χ0n) is 11.6. The number of hydrogen-bond donors (Lipinski definition) is 2. The predicted octanol–water partition coefficient (Wildman–Crippen LogP) is 2.19. The van der Waals surface area contributed by atoms with Crippen molar-refractivity contribution in [2.75, 3.05) is 39.2 Å². The van der Waals surface area contributed by atoms with Gasteiger partial charge in [-0.15, -0.1) is 12.4 Å². The zero-order valence-corrected chi connectivity index (χ0v) is 14.0. The molecule has 1 aromatic rings. The first-order valence-electron chi connectivity index (χ1n) is 5.95. The number of carbonyl (C=O) groups is 1. The lowest BCUT2D eigenvalue weighted by atomic mass is 10.2. The maximum atomic E-state index is 11.8. The van der Waals surface area contributed by atoms with Crippen LogP contribution in [0.3, 0.4) is 0 Å². The minimum atomic E-state index is -0.0912. The molecule has 2 N–H and O–H groups in total. The molecule has 0 atom stereocenters. The Labute approximate surface area is 133 Å². The van der Waals surface area contributed by atoms with Crippen LogP contribution in [-0.2, 0) is 20.9 Å². The van der Waals surface area contributed by atoms with Crippen molar-refractivity contribution < 1.29 is 14.3 Å². The van der Waals surface area contributed by atoms with Gasteiger partial charge in [0.1, 0.15) is 0 Å². The lowest BCUT2D eigenvalue weighted by Crippen LogP contribution is -2.30. The van der Waals surface area contributed by atoms with E-state index in [-0.39, 0.29) is 24.9 Å². The van der Waals surface area contributed by atoms with Crippen molar-refractivity contribution in [2.24, 2.45) is 0 Å². The maximum Gasteiger partial charge on any atom is 0.238 e. The first kappa shape index (κ1) is 19.3. The molecule has 1 rings (SSSR count). The molecule has 1 aromatic carbocycles. The summed E-state index contributed by atoms with van der Waals surface area (Å²) in [5.74, 6) is -0.0912. The third-order valence-corrected chi connectivity index (χ3v) is 3.19. The van der Waals surface area contributed by atoms with Crippen LogP contribution in [0.2, 0.25) is 0 Å². The molecule has 0 bridgehead atoms. The van der Waals surface area contributed by atoms with E-state index in [2.05, 4.69) is 26.6 Å². The van der Waals surface area contributed by atoms with Crippen LogP contribution in [-0.4, -0.2) is 39.8 Å². The molecule has 0 saturated carbocycles. The molecule has 20 heavy (non-hydrogen) atoms. The van der Waals surface area contributed by atoms with Crippen molar-refractivity contribution in [1.82, 2.24) is 5.32 Å². The molecule has 0 aliphatic carbocycles. The summed E-state index contributed by atoms with van der Waals surface area (Å²) in [5.41, 5.74) is 1.69. The standard InChI is InChI=1S/C13H19BrN2O3.ClH/c1-18-7-6-15-8-13(17)16-12-5-3-4-11(14)10(12)9-19-2;/h3-5,15H,6-9H2,1-2H3,(H,16,17);1H. The Bertz CT molecular complexity index is 419. The Balaban J connectivity index is 0.00000361. The normalized spacial score (nSPS) is 9.95. The highest BCUT2D eigenvalue weighted by Gasteiger charge is 2.09. The number of hydrogen-bond acceptors (Lipinski definition) is 4. The molecule has 7 heteroatoms. The molecule has 0 radical (unpaired) electrons. The molecule has 5 nitrogen and oxygen atoms in total. The van der Waals surface area contributed by atoms with E-state index in [0.717, 1.165) is 15.7 Å². The molecule has 0 heterocycles. The quantitative estimate of drug-likeness (QED) is 0.692. The van der Waals surface area contributed by atoms with Crippen molar-refractivity contribution in [3.63, 3.8) is 0 Å². The van der Waals surface area contributed by atoms with Crippen molar-refractivity contribution in [2.45, 2.75) is 6.61 Å². The summed E-state index contributed by atoms with van der Waals surface area (Å²) in [6.07, 6.45) is 0. The summed E-state index contributed by atoms with van der Waals surface area (Å²) in [6.45, 7) is 1.92. The van der Waals surface area contributed by atoms with Crippen molar-refractivity contribution in [1.29, 1.82) is 0 Å². The Morgan fingerprint density at radius 1 is 1.30 bits per heavy atom. The topological polar surface area (TPSA) is 59.6 Å². The van der Waals surface area contributed by atoms with E-state index >= 15 is 0 Å². The predicted molar refractivity (Wildman–Crippen MR) is 85.5 cm³/mol. The van der Waals surface area contributed by atoms with Gasteiger partial charge in [0.2, 0.25) is 5.91 Å². The van der Waals surface area contributed by atoms with Crippen molar-refractivity contribution >= 4 is 39.9 Å². The molecule has 1 amide bonds. The van der Waals surface area contributed by atoms with Gasteiger partial charge in [-0.25, -0.2) is 0 Å². The first-order chi connectivity index (χ1) is 9.19. The molecule has 0 spiro atoms. The van der Waals surface area contributed by atoms with E-state index in [1.165, 1.54) is 0 Å². The average molecular weight is 368 g/mol. The van der Waals surface area contributed by atoms with Gasteiger partial charge in [0.05, 0.1) is 19.8 Å². The van der Waals surface area contributed by atoms with Crippen LogP contribution in [0.1, 0.15) is 5.56 Å². The van der Waals surface area contributed by atoms with Gasteiger partial charge < -0.3 is 20.1 Å². The molecular formula is C13H20BrClN2O3. The second-order valence-electron chi connectivity index (χ2n) is 3.92. The van der Waals surface area contributed by atoms with Crippen molar-refractivity contribution in [3.8, 4) is 0 Å². The number of rotatable bonds is 8. The molecule has 0 unspecified atom stereocenters. The summed E-state index contributed by atoms with van der Waals surface area (Å²) in [6, 6.07) is 5.64. The number of carbonyl (C=O) groups excluding carboxylic acids is 1. The smallest absolute Gasteiger partial charge is 0.238 e. The minimum Gasteiger partial charge on any atom is -0.383 e. The largest absolute Gasteiger partial charge is 0.383 e. The molecule has 0 aliphatic rings. The lowest BCUT2D eigenvalue weighted by Gasteiger charge is -2.12. The van der Waals surface area contributed by atoms with E-state index < -0.39 is 0 Å². The van der Waals surface area contributed by atoms with E-state index in [9.17, 15) is 4.79 Å². The Morgan fingerprint density at radius 3 is 2.70 bits per heavy atom. The number of halogens is 2. The van der Waals surface area contributed by atoms with Crippen LogP contribution in [0.15, 0.2) is 22.7 Å². The number of benzene rings is 1. The van der Waals surface area contributed by atoms with Gasteiger partial charge in [-0.3, -0.25) is 4.79 Å². The Morgan fingerprint density at radius 2 is 2.05 bits per heavy atom. The van der Waals surface area contributed by atoms with Gasteiger partial charge in [-0.1, -0.05) is 22.0 Å². The fourth-order valence-corrected chi connectivity index (χ4v) is 2.02. The van der Waals surface area contributed by atoms with Crippen LogP contribution >= 0.6 is 28.3 Å². The summed E-state index contributed by atoms with van der Waals surface area (Å²) in [4.78, 5) is 11.8. The summed E-state index contributed by atoms with van der Waals surface area (Å²) < 4.78 is 10.9. The molecular weight excluding hydrogens is 348 g/mol. The molecule has 0 aromatic heterocycles. The first-order valence-corrected chi connectivity index (χ1v) is 6.74. The van der Waals surface area contributed by atoms with Gasteiger partial charge in [0.25, 0.3) is 0 Å².